The fourth-order valence-corrected chi connectivity index (χ4v) is 1.11. The SMILES string of the molecule is C=C(C)C(=O)OCC(O)CCC(C)(C)CC. The summed E-state index contributed by atoms with van der Waals surface area (Å²) >= 11 is 0. The summed E-state index contributed by atoms with van der Waals surface area (Å²) in [5.41, 5.74) is 0.598. The number of ether oxygens (including phenoxy) is 1. The van der Waals surface area contributed by atoms with Crippen LogP contribution in [-0.2, 0) is 9.53 Å². The predicted molar refractivity (Wildman–Crippen MR) is 65.1 cm³/mol. The molecular weight excluding hydrogens is 204 g/mol. The number of carbonyl (C=O) groups excluding carboxylic acids is 1. The zero-order valence-corrected chi connectivity index (χ0v) is 10.9. The summed E-state index contributed by atoms with van der Waals surface area (Å²) in [4.78, 5) is 11.1. The van der Waals surface area contributed by atoms with E-state index in [2.05, 4.69) is 27.4 Å². The van der Waals surface area contributed by atoms with Gasteiger partial charge in [0.1, 0.15) is 6.61 Å². The van der Waals surface area contributed by atoms with Crippen molar-refractivity contribution in [2.45, 2.75) is 53.1 Å². The van der Waals surface area contributed by atoms with Crippen LogP contribution in [0.4, 0.5) is 0 Å². The largest absolute Gasteiger partial charge is 0.460 e. The van der Waals surface area contributed by atoms with Gasteiger partial charge in [0.15, 0.2) is 0 Å². The molecule has 0 aliphatic carbocycles. The van der Waals surface area contributed by atoms with Crippen LogP contribution in [-0.4, -0.2) is 23.8 Å². The quantitative estimate of drug-likeness (QED) is 0.538. The smallest absolute Gasteiger partial charge is 0.333 e. The molecule has 0 fully saturated rings. The van der Waals surface area contributed by atoms with E-state index < -0.39 is 12.1 Å². The van der Waals surface area contributed by atoms with Crippen LogP contribution in [0.5, 0.6) is 0 Å². The summed E-state index contributed by atoms with van der Waals surface area (Å²) in [6, 6.07) is 0. The second kappa shape index (κ2) is 6.69. The van der Waals surface area contributed by atoms with Crippen LogP contribution in [0.2, 0.25) is 0 Å². The van der Waals surface area contributed by atoms with Gasteiger partial charge < -0.3 is 9.84 Å². The summed E-state index contributed by atoms with van der Waals surface area (Å²) in [6.45, 7) is 11.6. The Labute approximate surface area is 98.5 Å². The predicted octanol–water partition coefficient (Wildman–Crippen LogP) is 2.68. The van der Waals surface area contributed by atoms with Gasteiger partial charge in [0.2, 0.25) is 0 Å². The Morgan fingerprint density at radius 1 is 1.50 bits per heavy atom. The molecule has 0 aliphatic rings. The molecule has 0 aromatic rings. The normalized spacial score (nSPS) is 13.3. The molecular formula is C13H24O3. The van der Waals surface area contributed by atoms with Crippen molar-refractivity contribution in [3.63, 3.8) is 0 Å². The molecule has 0 spiro atoms. The maximum Gasteiger partial charge on any atom is 0.333 e. The zero-order valence-electron chi connectivity index (χ0n) is 10.9. The minimum Gasteiger partial charge on any atom is -0.460 e. The van der Waals surface area contributed by atoms with Crippen LogP contribution in [0.1, 0.15) is 47.0 Å². The Kier molecular flexibility index (Phi) is 6.34. The lowest BCUT2D eigenvalue weighted by atomic mass is 9.84. The van der Waals surface area contributed by atoms with E-state index in [-0.39, 0.29) is 12.0 Å². The van der Waals surface area contributed by atoms with Gasteiger partial charge in [-0.1, -0.05) is 33.8 Å². The first-order chi connectivity index (χ1) is 7.28. The van der Waals surface area contributed by atoms with E-state index in [0.29, 0.717) is 12.0 Å². The van der Waals surface area contributed by atoms with Crippen LogP contribution in [0, 0.1) is 5.41 Å². The third kappa shape index (κ3) is 6.62. The fourth-order valence-electron chi connectivity index (χ4n) is 1.11. The number of hydrogen-bond acceptors (Lipinski definition) is 3. The van der Waals surface area contributed by atoms with E-state index >= 15 is 0 Å². The summed E-state index contributed by atoms with van der Waals surface area (Å²) in [6.07, 6.45) is 2.08. The molecule has 0 aliphatic heterocycles. The minimum absolute atomic E-state index is 0.0610. The minimum atomic E-state index is -0.575. The van der Waals surface area contributed by atoms with Crippen molar-refractivity contribution < 1.29 is 14.6 Å². The third-order valence-corrected chi connectivity index (χ3v) is 2.87. The average molecular weight is 228 g/mol. The Morgan fingerprint density at radius 3 is 2.50 bits per heavy atom. The van der Waals surface area contributed by atoms with E-state index in [1.54, 1.807) is 6.92 Å². The van der Waals surface area contributed by atoms with E-state index in [9.17, 15) is 9.90 Å². The van der Waals surface area contributed by atoms with Gasteiger partial charge in [-0.05, 0) is 25.2 Å². The molecule has 0 aromatic carbocycles. The average Bonchev–Trinajstić information content (AvgIpc) is 2.23. The zero-order chi connectivity index (χ0) is 12.8. The highest BCUT2D eigenvalue weighted by Crippen LogP contribution is 2.26. The second-order valence-electron chi connectivity index (χ2n) is 5.09. The first-order valence-corrected chi connectivity index (χ1v) is 5.79. The monoisotopic (exact) mass is 228 g/mol. The van der Waals surface area contributed by atoms with Crippen molar-refractivity contribution in [2.24, 2.45) is 5.41 Å². The molecule has 0 rings (SSSR count). The molecule has 0 aromatic heterocycles. The maximum absolute atomic E-state index is 11.1. The van der Waals surface area contributed by atoms with Crippen molar-refractivity contribution in [1.29, 1.82) is 0 Å². The van der Waals surface area contributed by atoms with Crippen molar-refractivity contribution >= 4 is 5.97 Å². The molecule has 0 bridgehead atoms. The van der Waals surface area contributed by atoms with Crippen molar-refractivity contribution in [3.05, 3.63) is 12.2 Å². The highest BCUT2D eigenvalue weighted by molar-refractivity contribution is 5.86. The van der Waals surface area contributed by atoms with E-state index in [1.807, 2.05) is 0 Å². The highest BCUT2D eigenvalue weighted by Gasteiger charge is 2.17. The molecule has 16 heavy (non-hydrogen) atoms. The summed E-state index contributed by atoms with van der Waals surface area (Å²) in [7, 11) is 0. The first kappa shape index (κ1) is 15.2. The summed E-state index contributed by atoms with van der Waals surface area (Å²) in [5.74, 6) is -0.436. The van der Waals surface area contributed by atoms with E-state index in [0.717, 1.165) is 12.8 Å². The van der Waals surface area contributed by atoms with E-state index in [1.165, 1.54) is 0 Å². The molecule has 1 atom stereocenters. The van der Waals surface area contributed by atoms with Gasteiger partial charge in [-0.25, -0.2) is 4.79 Å². The van der Waals surface area contributed by atoms with Crippen LogP contribution in [0.15, 0.2) is 12.2 Å². The Balaban J connectivity index is 3.79. The molecule has 3 heteroatoms. The van der Waals surface area contributed by atoms with Crippen LogP contribution < -0.4 is 0 Å². The molecule has 0 heterocycles. The lowest BCUT2D eigenvalue weighted by Gasteiger charge is -2.23. The lowest BCUT2D eigenvalue weighted by molar-refractivity contribution is -0.142. The summed E-state index contributed by atoms with van der Waals surface area (Å²) < 4.78 is 4.88. The van der Waals surface area contributed by atoms with Gasteiger partial charge in [0.25, 0.3) is 0 Å². The topological polar surface area (TPSA) is 46.5 Å². The molecule has 1 N–H and O–H groups in total. The number of carbonyl (C=O) groups is 1. The Morgan fingerprint density at radius 2 is 2.06 bits per heavy atom. The van der Waals surface area contributed by atoms with Gasteiger partial charge in [-0.3, -0.25) is 0 Å². The number of rotatable bonds is 7. The molecule has 1 unspecified atom stereocenters. The van der Waals surface area contributed by atoms with E-state index in [4.69, 9.17) is 4.74 Å². The lowest BCUT2D eigenvalue weighted by Crippen LogP contribution is -2.21. The Hall–Kier alpha value is -0.830. The number of aliphatic hydroxyl groups excluding tert-OH is 1. The van der Waals surface area contributed by atoms with Crippen molar-refractivity contribution in [2.75, 3.05) is 6.61 Å². The third-order valence-electron chi connectivity index (χ3n) is 2.87. The maximum atomic E-state index is 11.1. The Bertz CT molecular complexity index is 244. The molecule has 0 amide bonds. The first-order valence-electron chi connectivity index (χ1n) is 5.79. The molecule has 0 radical (unpaired) electrons. The van der Waals surface area contributed by atoms with Gasteiger partial charge in [0.05, 0.1) is 6.10 Å². The van der Waals surface area contributed by atoms with Gasteiger partial charge in [-0.15, -0.1) is 0 Å². The number of hydrogen-bond donors (Lipinski definition) is 1. The number of aliphatic hydroxyl groups is 1. The van der Waals surface area contributed by atoms with Gasteiger partial charge in [-0.2, -0.15) is 0 Å². The molecule has 3 nitrogen and oxygen atoms in total. The fraction of sp³-hybridized carbons (Fsp3) is 0.769. The second-order valence-corrected chi connectivity index (χ2v) is 5.09. The van der Waals surface area contributed by atoms with Crippen LogP contribution >= 0.6 is 0 Å². The van der Waals surface area contributed by atoms with Crippen molar-refractivity contribution in [3.8, 4) is 0 Å². The number of esters is 1. The highest BCUT2D eigenvalue weighted by atomic mass is 16.5. The molecule has 0 saturated carbocycles. The van der Waals surface area contributed by atoms with Crippen LogP contribution in [0.25, 0.3) is 0 Å². The van der Waals surface area contributed by atoms with Gasteiger partial charge in [0, 0.05) is 5.57 Å². The standard InChI is InChI=1S/C13H24O3/c1-6-13(4,5)8-7-11(14)9-16-12(15)10(2)3/h11,14H,2,6-9H2,1,3-5H3. The van der Waals surface area contributed by atoms with Crippen molar-refractivity contribution in [1.82, 2.24) is 0 Å². The molecule has 0 saturated heterocycles. The molecule has 94 valence electrons. The van der Waals surface area contributed by atoms with Gasteiger partial charge >= 0.3 is 5.97 Å². The van der Waals surface area contributed by atoms with Crippen LogP contribution in [0.3, 0.4) is 0 Å². The summed E-state index contributed by atoms with van der Waals surface area (Å²) in [5, 5.41) is 9.63.